The first-order valence-electron chi connectivity index (χ1n) is 8.21. The highest BCUT2D eigenvalue weighted by Crippen LogP contribution is 2.28. The van der Waals surface area contributed by atoms with E-state index in [-0.39, 0.29) is 11.4 Å². The Balaban J connectivity index is 1.80. The maximum absolute atomic E-state index is 10.9. The van der Waals surface area contributed by atoms with E-state index in [2.05, 4.69) is 11.1 Å². The third kappa shape index (κ3) is 4.77. The lowest BCUT2D eigenvalue weighted by Crippen LogP contribution is -1.88. The second-order valence-electron chi connectivity index (χ2n) is 5.75. The number of nitrogens with zero attached hydrogens (tertiary/aromatic N) is 4. The molecule has 0 N–H and O–H groups in total. The van der Waals surface area contributed by atoms with Crippen LogP contribution < -0.4 is 0 Å². The molecule has 0 radical (unpaired) electrons. The van der Waals surface area contributed by atoms with Crippen molar-refractivity contribution in [1.29, 1.82) is 5.26 Å². The molecule has 2 aromatic carbocycles. The van der Waals surface area contributed by atoms with Crippen LogP contribution in [-0.2, 0) is 0 Å². The molecule has 1 aromatic heterocycles. The Morgan fingerprint density at radius 1 is 1.07 bits per heavy atom. The molecule has 0 saturated carbocycles. The number of nitro groups is 2. The minimum Gasteiger partial charge on any atom is -0.258 e. The first-order valence-corrected chi connectivity index (χ1v) is 9.09. The third-order valence-electron chi connectivity index (χ3n) is 3.86. The summed E-state index contributed by atoms with van der Waals surface area (Å²) < 4.78 is 0. The topological polar surface area (TPSA) is 123 Å². The van der Waals surface area contributed by atoms with Gasteiger partial charge in [0, 0.05) is 35.2 Å². The lowest BCUT2D eigenvalue weighted by atomic mass is 10.1. The molecule has 142 valence electrons. The molecule has 0 saturated heterocycles. The van der Waals surface area contributed by atoms with E-state index >= 15 is 0 Å². The highest BCUT2D eigenvalue weighted by atomic mass is 32.1. The van der Waals surface area contributed by atoms with Gasteiger partial charge < -0.3 is 0 Å². The summed E-state index contributed by atoms with van der Waals surface area (Å²) in [6.07, 6.45) is 4.97. The molecule has 9 heteroatoms. The smallest absolute Gasteiger partial charge is 0.258 e. The summed E-state index contributed by atoms with van der Waals surface area (Å²) in [7, 11) is 0. The highest BCUT2D eigenvalue weighted by Gasteiger charge is 2.11. The van der Waals surface area contributed by atoms with Gasteiger partial charge in [-0.1, -0.05) is 24.3 Å². The van der Waals surface area contributed by atoms with Gasteiger partial charge in [-0.15, -0.1) is 11.3 Å². The van der Waals surface area contributed by atoms with Crippen molar-refractivity contribution in [1.82, 2.24) is 4.98 Å². The van der Waals surface area contributed by atoms with E-state index in [1.54, 1.807) is 47.9 Å². The molecule has 0 aliphatic heterocycles. The number of hydrogen-bond acceptors (Lipinski definition) is 7. The summed E-state index contributed by atoms with van der Waals surface area (Å²) in [5.41, 5.74) is 2.21. The number of thiazole rings is 1. The van der Waals surface area contributed by atoms with E-state index in [0.717, 1.165) is 5.56 Å². The number of hydrogen-bond donors (Lipinski definition) is 0. The molecule has 0 aliphatic carbocycles. The van der Waals surface area contributed by atoms with Gasteiger partial charge in [0.2, 0.25) is 0 Å². The van der Waals surface area contributed by atoms with Gasteiger partial charge in [-0.2, -0.15) is 5.26 Å². The maximum atomic E-state index is 10.9. The van der Waals surface area contributed by atoms with Gasteiger partial charge in [0.05, 0.1) is 21.1 Å². The van der Waals surface area contributed by atoms with Gasteiger partial charge in [0.25, 0.3) is 11.4 Å². The van der Waals surface area contributed by atoms with Crippen LogP contribution in [0, 0.1) is 31.6 Å². The van der Waals surface area contributed by atoms with Crippen LogP contribution in [0.15, 0.2) is 66.1 Å². The molecule has 3 aromatic rings. The molecule has 8 nitrogen and oxygen atoms in total. The van der Waals surface area contributed by atoms with E-state index in [0.29, 0.717) is 21.8 Å². The van der Waals surface area contributed by atoms with Crippen LogP contribution in [0.2, 0.25) is 0 Å². The molecular weight excluding hydrogens is 392 g/mol. The number of aromatic nitrogens is 1. The van der Waals surface area contributed by atoms with Gasteiger partial charge in [-0.25, -0.2) is 4.98 Å². The fourth-order valence-corrected chi connectivity index (χ4v) is 3.23. The fourth-order valence-electron chi connectivity index (χ4n) is 2.43. The average Bonchev–Trinajstić information content (AvgIpc) is 3.21. The Morgan fingerprint density at radius 3 is 2.45 bits per heavy atom. The molecule has 29 heavy (non-hydrogen) atoms. The fraction of sp³-hybridized carbons (Fsp3) is 0. The van der Waals surface area contributed by atoms with Crippen molar-refractivity contribution in [2.45, 2.75) is 0 Å². The number of benzene rings is 2. The standard InChI is InChI=1S/C20H12N4O4S/c21-12-16(5-1-3-14-7-9-17(10-8-14)23(25)26)20-22-19(13-29-20)15-4-2-6-18(11-15)24(27)28/h1-11,13H/b3-1+,16-5-. The number of non-ortho nitro benzene ring substituents is 2. The summed E-state index contributed by atoms with van der Waals surface area (Å²) in [6.45, 7) is 0. The molecule has 1 heterocycles. The van der Waals surface area contributed by atoms with Crippen LogP contribution in [-0.4, -0.2) is 14.8 Å². The average molecular weight is 404 g/mol. The normalized spacial score (nSPS) is 11.3. The van der Waals surface area contributed by atoms with Crippen molar-refractivity contribution in [3.63, 3.8) is 0 Å². The largest absolute Gasteiger partial charge is 0.270 e. The number of allylic oxidation sites excluding steroid dienone is 3. The third-order valence-corrected chi connectivity index (χ3v) is 4.74. The molecule has 0 atom stereocenters. The molecular formula is C20H12N4O4S. The van der Waals surface area contributed by atoms with Crippen LogP contribution in [0.25, 0.3) is 22.9 Å². The minimum atomic E-state index is -0.472. The first-order chi connectivity index (χ1) is 14.0. The predicted molar refractivity (Wildman–Crippen MR) is 110 cm³/mol. The van der Waals surface area contributed by atoms with E-state index in [4.69, 9.17) is 0 Å². The van der Waals surface area contributed by atoms with Crippen LogP contribution in [0.1, 0.15) is 10.6 Å². The lowest BCUT2D eigenvalue weighted by molar-refractivity contribution is -0.385. The van der Waals surface area contributed by atoms with Gasteiger partial charge in [-0.05, 0) is 23.8 Å². The second-order valence-corrected chi connectivity index (χ2v) is 6.60. The first kappa shape index (κ1) is 19.6. The van der Waals surface area contributed by atoms with Crippen LogP contribution in [0.4, 0.5) is 11.4 Å². The van der Waals surface area contributed by atoms with Gasteiger partial charge in [0.1, 0.15) is 11.1 Å². The molecule has 0 amide bonds. The van der Waals surface area contributed by atoms with Gasteiger partial charge >= 0.3 is 0 Å². The summed E-state index contributed by atoms with van der Waals surface area (Å²) in [5.74, 6) is 0. The summed E-state index contributed by atoms with van der Waals surface area (Å²) >= 11 is 1.26. The summed E-state index contributed by atoms with van der Waals surface area (Å²) in [4.78, 5) is 25.1. The van der Waals surface area contributed by atoms with Crippen molar-refractivity contribution < 1.29 is 9.85 Å². The van der Waals surface area contributed by atoms with Crippen molar-refractivity contribution in [2.75, 3.05) is 0 Å². The maximum Gasteiger partial charge on any atom is 0.270 e. The van der Waals surface area contributed by atoms with Crippen molar-refractivity contribution >= 4 is 34.4 Å². The molecule has 0 aliphatic rings. The Hall–Kier alpha value is -4.16. The number of nitriles is 1. The van der Waals surface area contributed by atoms with Crippen LogP contribution >= 0.6 is 11.3 Å². The monoisotopic (exact) mass is 404 g/mol. The SMILES string of the molecule is N#C/C(=C/C=C/c1ccc([N+](=O)[O-])cc1)c1nc(-c2cccc([N+](=O)[O-])c2)cs1. The van der Waals surface area contributed by atoms with E-state index in [1.165, 1.54) is 35.6 Å². The van der Waals surface area contributed by atoms with Crippen molar-refractivity contribution in [3.05, 3.63) is 96.9 Å². The second kappa shape index (κ2) is 8.69. The van der Waals surface area contributed by atoms with E-state index in [1.807, 2.05) is 0 Å². The molecule has 0 unspecified atom stereocenters. The number of nitro benzene ring substituents is 2. The number of rotatable bonds is 6. The Morgan fingerprint density at radius 2 is 1.79 bits per heavy atom. The van der Waals surface area contributed by atoms with Crippen LogP contribution in [0.3, 0.4) is 0 Å². The molecule has 0 spiro atoms. The van der Waals surface area contributed by atoms with E-state index in [9.17, 15) is 25.5 Å². The lowest BCUT2D eigenvalue weighted by Gasteiger charge is -1.96. The molecule has 0 bridgehead atoms. The molecule has 3 rings (SSSR count). The zero-order valence-electron chi connectivity index (χ0n) is 14.8. The zero-order valence-corrected chi connectivity index (χ0v) is 15.6. The molecule has 0 fully saturated rings. The summed E-state index contributed by atoms with van der Waals surface area (Å²) in [5, 5.41) is 33.2. The minimum absolute atomic E-state index is 0.00636. The van der Waals surface area contributed by atoms with Gasteiger partial charge in [-0.3, -0.25) is 20.2 Å². The Labute approximate surface area is 169 Å². The van der Waals surface area contributed by atoms with Crippen molar-refractivity contribution in [2.24, 2.45) is 0 Å². The predicted octanol–water partition coefficient (Wildman–Crippen LogP) is 5.25. The highest BCUT2D eigenvalue weighted by molar-refractivity contribution is 7.11. The van der Waals surface area contributed by atoms with Gasteiger partial charge in [0.15, 0.2) is 0 Å². The van der Waals surface area contributed by atoms with Crippen molar-refractivity contribution in [3.8, 4) is 17.3 Å². The van der Waals surface area contributed by atoms with Crippen LogP contribution in [0.5, 0.6) is 0 Å². The zero-order chi connectivity index (χ0) is 20.8. The van der Waals surface area contributed by atoms with E-state index < -0.39 is 9.85 Å². The summed E-state index contributed by atoms with van der Waals surface area (Å²) in [6, 6.07) is 14.2. The quantitative estimate of drug-likeness (QED) is 0.239. The Bertz CT molecular complexity index is 1170. The Kier molecular flexibility index (Phi) is 5.87.